The molecule has 2 aromatic carbocycles. The summed E-state index contributed by atoms with van der Waals surface area (Å²) in [4.78, 5) is 3.79. The molecule has 170 valence electrons. The van der Waals surface area contributed by atoms with E-state index in [1.54, 1.807) is 0 Å². The van der Waals surface area contributed by atoms with Crippen LogP contribution in [0.3, 0.4) is 0 Å². The Morgan fingerprint density at radius 1 is 1.03 bits per heavy atom. The molecule has 1 aliphatic carbocycles. The number of fused-ring (bicyclic) bond motifs is 1. The molecular formula is C28H40ClNS. The lowest BCUT2D eigenvalue weighted by Crippen LogP contribution is -2.34. The normalized spacial score (nSPS) is 16.9. The Morgan fingerprint density at radius 3 is 2.29 bits per heavy atom. The molecule has 4 rings (SSSR count). The van der Waals surface area contributed by atoms with Gasteiger partial charge in [-0.05, 0) is 68.2 Å². The lowest BCUT2D eigenvalue weighted by molar-refractivity contribution is 0.262. The van der Waals surface area contributed by atoms with Crippen LogP contribution in [0.25, 0.3) is 5.70 Å². The van der Waals surface area contributed by atoms with Gasteiger partial charge in [-0.15, -0.1) is 0 Å². The fourth-order valence-corrected chi connectivity index (χ4v) is 5.05. The Balaban J connectivity index is 0.000000241. The average Bonchev–Trinajstić information content (AvgIpc) is 2.78. The minimum absolute atomic E-state index is 0.104. The van der Waals surface area contributed by atoms with Crippen LogP contribution >= 0.6 is 22.1 Å². The van der Waals surface area contributed by atoms with Crippen molar-refractivity contribution in [3.63, 3.8) is 0 Å². The van der Waals surface area contributed by atoms with Crippen LogP contribution in [0.2, 0.25) is 5.02 Å². The number of aryl methyl sites for hydroxylation is 1. The Morgan fingerprint density at radius 2 is 1.68 bits per heavy atom. The standard InChI is InChI=1S/C18H25N.C8H9ClS.C2H6/c1-14-8-9-18-15(2)19(11-10-17(18)12-14)13-16-6-4-3-5-7-16;1-10(2)8-5-3-7(9)4-6-8;1-2/h8-9,12,16H,2-7,10-11,13H2,1H3;3-6H,1H2,2H3;1-2H3. The van der Waals surface area contributed by atoms with Gasteiger partial charge in [0.2, 0.25) is 0 Å². The summed E-state index contributed by atoms with van der Waals surface area (Å²) in [5.74, 6) is 4.82. The Bertz CT molecular complexity index is 850. The summed E-state index contributed by atoms with van der Waals surface area (Å²) in [6.45, 7) is 12.9. The minimum Gasteiger partial charge on any atom is -0.371 e. The molecule has 2 aliphatic rings. The molecule has 31 heavy (non-hydrogen) atoms. The molecule has 0 aromatic heterocycles. The molecule has 1 heterocycles. The van der Waals surface area contributed by atoms with Crippen LogP contribution in [0.1, 0.15) is 62.6 Å². The second-order valence-electron chi connectivity index (χ2n) is 8.40. The summed E-state index contributed by atoms with van der Waals surface area (Å²) >= 11 is 5.70. The molecule has 0 amide bonds. The van der Waals surface area contributed by atoms with E-state index in [1.165, 1.54) is 72.4 Å². The molecule has 0 bridgehead atoms. The predicted octanol–water partition coefficient (Wildman–Crippen LogP) is 8.46. The first-order chi connectivity index (χ1) is 14.9. The molecule has 1 fully saturated rings. The number of nitrogens with zero attached hydrogens (tertiary/aromatic N) is 1. The van der Waals surface area contributed by atoms with Gasteiger partial charge in [0.15, 0.2) is 0 Å². The van der Waals surface area contributed by atoms with E-state index in [0.717, 1.165) is 17.5 Å². The first-order valence-corrected chi connectivity index (χ1v) is 13.9. The van der Waals surface area contributed by atoms with Crippen molar-refractivity contribution in [2.24, 2.45) is 5.92 Å². The van der Waals surface area contributed by atoms with Gasteiger partial charge in [0.25, 0.3) is 0 Å². The summed E-state index contributed by atoms with van der Waals surface area (Å²) in [7, 11) is 0.104. The van der Waals surface area contributed by atoms with Crippen LogP contribution in [0.15, 0.2) is 53.9 Å². The molecule has 1 atom stereocenters. The van der Waals surface area contributed by atoms with E-state index in [2.05, 4.69) is 48.7 Å². The Kier molecular flexibility index (Phi) is 10.9. The zero-order valence-electron chi connectivity index (χ0n) is 19.9. The third-order valence-corrected chi connectivity index (χ3v) is 7.35. The van der Waals surface area contributed by atoms with E-state index in [4.69, 9.17) is 11.6 Å². The topological polar surface area (TPSA) is 3.24 Å². The van der Waals surface area contributed by atoms with Crippen LogP contribution in [0.5, 0.6) is 0 Å². The molecule has 1 nitrogen and oxygen atoms in total. The SMILES string of the molecule is C=C1c2ccc(C)cc2CCN1CC1CCCCC1.C=S(C)c1ccc(Cl)cc1.CC. The van der Waals surface area contributed by atoms with Gasteiger partial charge in [-0.1, -0.05) is 80.9 Å². The fraction of sp³-hybridized carbons (Fsp3) is 0.464. The summed E-state index contributed by atoms with van der Waals surface area (Å²) in [6.07, 6.45) is 10.4. The number of rotatable bonds is 3. The zero-order chi connectivity index (χ0) is 22.8. The summed E-state index contributed by atoms with van der Waals surface area (Å²) in [6, 6.07) is 14.6. The van der Waals surface area contributed by atoms with Gasteiger partial charge in [0.05, 0.1) is 0 Å². The highest BCUT2D eigenvalue weighted by Gasteiger charge is 2.23. The number of hydrogen-bond donors (Lipinski definition) is 0. The van der Waals surface area contributed by atoms with Crippen molar-refractivity contribution in [2.45, 2.75) is 64.2 Å². The minimum atomic E-state index is 0.104. The van der Waals surface area contributed by atoms with Crippen molar-refractivity contribution in [1.82, 2.24) is 4.90 Å². The molecule has 0 N–H and O–H groups in total. The molecule has 1 saturated carbocycles. The molecule has 3 heteroatoms. The fourth-order valence-electron chi connectivity index (χ4n) is 4.32. The first-order valence-electron chi connectivity index (χ1n) is 11.7. The van der Waals surface area contributed by atoms with E-state index in [-0.39, 0.29) is 10.5 Å². The van der Waals surface area contributed by atoms with Crippen molar-refractivity contribution >= 4 is 33.7 Å². The van der Waals surface area contributed by atoms with E-state index in [9.17, 15) is 0 Å². The quantitative estimate of drug-likeness (QED) is 0.417. The molecule has 0 saturated heterocycles. The van der Waals surface area contributed by atoms with Crippen molar-refractivity contribution < 1.29 is 0 Å². The molecule has 1 unspecified atom stereocenters. The number of hydrogen-bond acceptors (Lipinski definition) is 1. The van der Waals surface area contributed by atoms with Crippen molar-refractivity contribution in [3.8, 4) is 0 Å². The Hall–Kier alpha value is -1.51. The summed E-state index contributed by atoms with van der Waals surface area (Å²) in [5.41, 5.74) is 5.50. The molecule has 2 aromatic rings. The van der Waals surface area contributed by atoms with Crippen molar-refractivity contribution in [2.75, 3.05) is 19.3 Å². The third-order valence-electron chi connectivity index (χ3n) is 6.02. The van der Waals surface area contributed by atoms with Crippen LogP contribution in [-0.4, -0.2) is 30.1 Å². The second-order valence-corrected chi connectivity index (χ2v) is 10.6. The lowest BCUT2D eigenvalue weighted by atomic mass is 9.87. The van der Waals surface area contributed by atoms with E-state index < -0.39 is 0 Å². The maximum Gasteiger partial charge on any atom is 0.0406 e. The van der Waals surface area contributed by atoms with Gasteiger partial charge in [-0.3, -0.25) is 0 Å². The average molecular weight is 458 g/mol. The number of halogens is 1. The van der Waals surface area contributed by atoms with Crippen LogP contribution in [-0.2, 0) is 6.42 Å². The van der Waals surface area contributed by atoms with Crippen LogP contribution in [0, 0.1) is 12.8 Å². The largest absolute Gasteiger partial charge is 0.371 e. The first kappa shape index (κ1) is 25.7. The van der Waals surface area contributed by atoms with Gasteiger partial charge in [-0.25, -0.2) is 0 Å². The van der Waals surface area contributed by atoms with E-state index in [1.807, 2.05) is 38.1 Å². The van der Waals surface area contributed by atoms with Gasteiger partial charge in [0, 0.05) is 34.3 Å². The number of benzene rings is 2. The Labute approximate surface area is 198 Å². The molecule has 1 aliphatic heterocycles. The van der Waals surface area contributed by atoms with Crippen LogP contribution in [0.4, 0.5) is 0 Å². The second kappa shape index (κ2) is 13.1. The van der Waals surface area contributed by atoms with Gasteiger partial charge in [-0.2, -0.15) is 10.5 Å². The van der Waals surface area contributed by atoms with Gasteiger partial charge < -0.3 is 4.90 Å². The summed E-state index contributed by atoms with van der Waals surface area (Å²) < 4.78 is 0. The van der Waals surface area contributed by atoms with E-state index in [0.29, 0.717) is 0 Å². The lowest BCUT2D eigenvalue weighted by Gasteiger charge is -2.36. The maximum absolute atomic E-state index is 5.70. The van der Waals surface area contributed by atoms with E-state index >= 15 is 0 Å². The van der Waals surface area contributed by atoms with Crippen molar-refractivity contribution in [1.29, 1.82) is 0 Å². The maximum atomic E-state index is 5.70. The monoisotopic (exact) mass is 457 g/mol. The van der Waals surface area contributed by atoms with Crippen LogP contribution < -0.4 is 0 Å². The zero-order valence-corrected chi connectivity index (χ0v) is 21.5. The van der Waals surface area contributed by atoms with Gasteiger partial charge >= 0.3 is 0 Å². The molecule has 0 radical (unpaired) electrons. The molecule has 0 spiro atoms. The van der Waals surface area contributed by atoms with Crippen molar-refractivity contribution in [3.05, 3.63) is 70.8 Å². The highest BCUT2D eigenvalue weighted by molar-refractivity contribution is 8.13. The predicted molar refractivity (Wildman–Crippen MR) is 144 cm³/mol. The summed E-state index contributed by atoms with van der Waals surface area (Å²) in [5, 5.41) is 0.786. The van der Waals surface area contributed by atoms with Gasteiger partial charge in [0.1, 0.15) is 0 Å². The highest BCUT2D eigenvalue weighted by Crippen LogP contribution is 2.31. The smallest absolute Gasteiger partial charge is 0.0406 e. The molecular weight excluding hydrogens is 418 g/mol. The third kappa shape index (κ3) is 7.84. The highest BCUT2D eigenvalue weighted by atomic mass is 35.5.